The zero-order chi connectivity index (χ0) is 22.8. The molecule has 3 saturated carbocycles. The molecule has 170 valence electrons. The zero-order valence-corrected chi connectivity index (χ0v) is 19.7. The number of aromatic hydroxyl groups is 1. The molecule has 4 nitrogen and oxygen atoms in total. The summed E-state index contributed by atoms with van der Waals surface area (Å²) in [6.45, 7) is 11.7. The first kappa shape index (κ1) is 22.4. The van der Waals surface area contributed by atoms with E-state index in [1.165, 1.54) is 24.8 Å². The minimum absolute atomic E-state index is 0.0247. The molecule has 31 heavy (non-hydrogen) atoms. The average molecular weight is 427 g/mol. The Kier molecular flexibility index (Phi) is 5.11. The maximum Gasteiger partial charge on any atom is 0.335 e. The topological polar surface area (TPSA) is 74.6 Å². The minimum Gasteiger partial charge on any atom is -0.508 e. The van der Waals surface area contributed by atoms with Crippen LogP contribution < -0.4 is 0 Å². The molecule has 4 rings (SSSR count). The Balaban J connectivity index is 1.73. The number of carbonyl (C=O) groups excluding carboxylic acids is 1. The van der Waals surface area contributed by atoms with Gasteiger partial charge < -0.3 is 15.0 Å². The molecule has 0 bridgehead atoms. The molecule has 0 radical (unpaired) electrons. The van der Waals surface area contributed by atoms with Crippen LogP contribution in [0, 0.1) is 39.4 Å². The van der Waals surface area contributed by atoms with Crippen LogP contribution in [0.5, 0.6) is 5.75 Å². The summed E-state index contributed by atoms with van der Waals surface area (Å²) >= 11 is 0. The van der Waals surface area contributed by atoms with Crippen LogP contribution in [0.15, 0.2) is 18.2 Å². The van der Waals surface area contributed by atoms with Gasteiger partial charge in [0, 0.05) is 5.41 Å². The molecule has 2 unspecified atom stereocenters. The third kappa shape index (κ3) is 3.00. The van der Waals surface area contributed by atoms with Crippen LogP contribution in [-0.4, -0.2) is 22.5 Å². The van der Waals surface area contributed by atoms with Gasteiger partial charge in [0.15, 0.2) is 0 Å². The number of aromatic carboxylic acids is 1. The van der Waals surface area contributed by atoms with Crippen molar-refractivity contribution in [3.05, 3.63) is 29.3 Å². The van der Waals surface area contributed by atoms with Crippen molar-refractivity contribution in [3.8, 4) is 5.75 Å². The number of aldehydes is 1. The van der Waals surface area contributed by atoms with Gasteiger partial charge >= 0.3 is 5.97 Å². The molecule has 1 aromatic carbocycles. The van der Waals surface area contributed by atoms with Crippen LogP contribution in [0.4, 0.5) is 0 Å². The molecule has 3 aliphatic rings. The van der Waals surface area contributed by atoms with Crippen LogP contribution in [0.2, 0.25) is 0 Å². The molecular formula is C27H38O4. The van der Waals surface area contributed by atoms with E-state index in [0.717, 1.165) is 37.7 Å². The monoisotopic (exact) mass is 426 g/mol. The maximum atomic E-state index is 12.1. The lowest BCUT2D eigenvalue weighted by molar-refractivity contribution is -0.163. The highest BCUT2D eigenvalue weighted by Gasteiger charge is 2.66. The molecular weight excluding hydrogens is 388 g/mol. The number of phenolic OH excluding ortho intramolecular Hbond substituents is 1. The number of phenols is 1. The fourth-order valence-corrected chi connectivity index (χ4v) is 8.37. The lowest BCUT2D eigenvalue weighted by atomic mass is 9.39. The third-order valence-corrected chi connectivity index (χ3v) is 10.8. The van der Waals surface area contributed by atoms with Crippen molar-refractivity contribution >= 4 is 12.3 Å². The largest absolute Gasteiger partial charge is 0.508 e. The fraction of sp³-hybridized carbons (Fsp3) is 0.704. The van der Waals surface area contributed by atoms with Crippen LogP contribution in [0.25, 0.3) is 0 Å². The molecule has 0 heterocycles. The predicted octanol–water partition coefficient (Wildman–Crippen LogP) is 6.11. The molecule has 0 aromatic heterocycles. The molecule has 0 saturated heterocycles. The van der Waals surface area contributed by atoms with Gasteiger partial charge in [-0.15, -0.1) is 0 Å². The number of hydrogen-bond donors (Lipinski definition) is 2. The van der Waals surface area contributed by atoms with Crippen LogP contribution in [0.1, 0.15) is 89.1 Å². The third-order valence-electron chi connectivity index (χ3n) is 10.8. The predicted molar refractivity (Wildman–Crippen MR) is 121 cm³/mol. The summed E-state index contributed by atoms with van der Waals surface area (Å²) in [5.74, 6) is 0.742. The summed E-state index contributed by atoms with van der Waals surface area (Å²) in [7, 11) is 0. The van der Waals surface area contributed by atoms with Gasteiger partial charge in [-0.2, -0.15) is 0 Å². The Morgan fingerprint density at radius 2 is 1.74 bits per heavy atom. The second-order valence-corrected chi connectivity index (χ2v) is 11.9. The number of fused-ring (bicyclic) bond motifs is 3. The first-order chi connectivity index (χ1) is 14.4. The Morgan fingerprint density at radius 1 is 1.06 bits per heavy atom. The fourth-order valence-electron chi connectivity index (χ4n) is 8.37. The van der Waals surface area contributed by atoms with Crippen molar-refractivity contribution in [1.82, 2.24) is 0 Å². The van der Waals surface area contributed by atoms with Crippen LogP contribution in [0.3, 0.4) is 0 Å². The van der Waals surface area contributed by atoms with Crippen molar-refractivity contribution in [2.45, 2.75) is 79.6 Å². The van der Waals surface area contributed by atoms with Gasteiger partial charge in [-0.3, -0.25) is 0 Å². The van der Waals surface area contributed by atoms with Crippen molar-refractivity contribution < 1.29 is 19.8 Å². The molecule has 4 heteroatoms. The van der Waals surface area contributed by atoms with Crippen molar-refractivity contribution in [2.75, 3.05) is 0 Å². The van der Waals surface area contributed by atoms with Crippen LogP contribution in [-0.2, 0) is 11.2 Å². The SMILES string of the molecule is C[C@@H]1CC[C@@]2(C)C(CC[C@]3(C)C2CC[C@@]3(C)C=O)[C@]1(C)Cc1cc(C(=O)O)ccc1O. The highest BCUT2D eigenvalue weighted by atomic mass is 16.4. The quantitative estimate of drug-likeness (QED) is 0.570. The van der Waals surface area contributed by atoms with Gasteiger partial charge in [-0.1, -0.05) is 34.6 Å². The second kappa shape index (κ2) is 7.08. The van der Waals surface area contributed by atoms with E-state index >= 15 is 0 Å². The summed E-state index contributed by atoms with van der Waals surface area (Å²) in [6.07, 6.45) is 8.49. The smallest absolute Gasteiger partial charge is 0.335 e. The standard InChI is InChI=1S/C27H38O4/c1-17-8-12-25(3)21(10-13-27(5)22(25)9-11-24(27,2)16-28)26(17,4)15-19-14-18(23(30)31)6-7-20(19)29/h6-7,14,16-17,21-22,29H,8-13,15H2,1-5H3,(H,30,31)/t17-,21?,22?,24+,25+,26-,27-/m1/s1. The van der Waals surface area contributed by atoms with Gasteiger partial charge in [0.2, 0.25) is 0 Å². The number of carbonyl (C=O) groups is 2. The first-order valence-corrected chi connectivity index (χ1v) is 11.9. The Hall–Kier alpha value is -1.84. The number of rotatable bonds is 4. The van der Waals surface area contributed by atoms with Gasteiger partial charge in [0.1, 0.15) is 12.0 Å². The maximum absolute atomic E-state index is 12.1. The molecule has 7 atom stereocenters. The van der Waals surface area contributed by atoms with Crippen molar-refractivity contribution in [1.29, 1.82) is 0 Å². The molecule has 2 N–H and O–H groups in total. The van der Waals surface area contributed by atoms with Crippen molar-refractivity contribution in [2.24, 2.45) is 39.4 Å². The number of carboxylic acids is 1. The number of benzene rings is 1. The van der Waals surface area contributed by atoms with E-state index in [2.05, 4.69) is 34.6 Å². The lowest BCUT2D eigenvalue weighted by Crippen LogP contribution is -2.58. The van der Waals surface area contributed by atoms with Gasteiger partial charge in [-0.25, -0.2) is 4.79 Å². The molecule has 3 aliphatic carbocycles. The summed E-state index contributed by atoms with van der Waals surface area (Å²) in [5.41, 5.74) is 0.928. The van der Waals surface area contributed by atoms with Crippen LogP contribution >= 0.6 is 0 Å². The van der Waals surface area contributed by atoms with E-state index < -0.39 is 5.97 Å². The van der Waals surface area contributed by atoms with Crippen molar-refractivity contribution in [3.63, 3.8) is 0 Å². The molecule has 0 aliphatic heterocycles. The van der Waals surface area contributed by atoms with E-state index in [-0.39, 0.29) is 33.0 Å². The van der Waals surface area contributed by atoms with E-state index in [1.54, 1.807) is 6.07 Å². The molecule has 0 spiro atoms. The summed E-state index contributed by atoms with van der Waals surface area (Å²) in [5, 5.41) is 20.0. The summed E-state index contributed by atoms with van der Waals surface area (Å²) in [6, 6.07) is 4.66. The van der Waals surface area contributed by atoms with E-state index in [9.17, 15) is 19.8 Å². The van der Waals surface area contributed by atoms with E-state index in [0.29, 0.717) is 24.2 Å². The summed E-state index contributed by atoms with van der Waals surface area (Å²) < 4.78 is 0. The van der Waals surface area contributed by atoms with Gasteiger partial charge in [0.05, 0.1) is 5.56 Å². The molecule has 3 fully saturated rings. The second-order valence-electron chi connectivity index (χ2n) is 11.9. The Bertz CT molecular complexity index is 908. The highest BCUT2D eigenvalue weighted by molar-refractivity contribution is 5.88. The normalized spacial score (nSPS) is 44.4. The van der Waals surface area contributed by atoms with Gasteiger partial charge in [-0.05, 0) is 103 Å². The highest BCUT2D eigenvalue weighted by Crippen LogP contribution is 2.73. The number of carboxylic acid groups (broad SMARTS) is 1. The average Bonchev–Trinajstić information content (AvgIpc) is 2.99. The number of hydrogen-bond acceptors (Lipinski definition) is 3. The Labute approximate surface area is 186 Å². The Morgan fingerprint density at radius 3 is 2.39 bits per heavy atom. The van der Waals surface area contributed by atoms with Gasteiger partial charge in [0.25, 0.3) is 0 Å². The lowest BCUT2D eigenvalue weighted by Gasteiger charge is -2.65. The first-order valence-electron chi connectivity index (χ1n) is 11.9. The van der Waals surface area contributed by atoms with E-state index in [1.807, 2.05) is 0 Å². The molecule has 0 amide bonds. The zero-order valence-electron chi connectivity index (χ0n) is 19.7. The summed E-state index contributed by atoms with van der Waals surface area (Å²) in [4.78, 5) is 23.6. The molecule has 1 aromatic rings. The minimum atomic E-state index is -0.958. The van der Waals surface area contributed by atoms with E-state index in [4.69, 9.17) is 0 Å².